The van der Waals surface area contributed by atoms with Crippen LogP contribution in [0.1, 0.15) is 15.9 Å². The van der Waals surface area contributed by atoms with Gasteiger partial charge in [-0.05, 0) is 30.7 Å². The number of hydrogen-bond donors (Lipinski definition) is 2. The Morgan fingerprint density at radius 3 is 2.10 bits per heavy atom. The van der Waals surface area contributed by atoms with Crippen molar-refractivity contribution in [1.29, 1.82) is 0 Å². The van der Waals surface area contributed by atoms with Gasteiger partial charge in [0, 0.05) is 17.3 Å². The molecule has 0 aliphatic rings. The lowest BCUT2D eigenvalue weighted by Crippen LogP contribution is -2.16. The molecule has 0 bridgehead atoms. The summed E-state index contributed by atoms with van der Waals surface area (Å²) in [7, 11) is 0. The van der Waals surface area contributed by atoms with Gasteiger partial charge in [0.05, 0.1) is 0 Å². The first-order valence-corrected chi connectivity index (χ1v) is 5.81. The van der Waals surface area contributed by atoms with Gasteiger partial charge in [-0.3, -0.25) is 4.79 Å². The fraction of sp³-hybridized carbons (Fsp3) is 0.0714. The van der Waals surface area contributed by atoms with Gasteiger partial charge in [-0.1, -0.05) is 0 Å². The molecule has 0 heterocycles. The van der Waals surface area contributed by atoms with Crippen molar-refractivity contribution < 1.29 is 22.4 Å². The van der Waals surface area contributed by atoms with E-state index in [-0.39, 0.29) is 17.3 Å². The van der Waals surface area contributed by atoms with Crippen LogP contribution >= 0.6 is 0 Å². The molecule has 2 rings (SSSR count). The van der Waals surface area contributed by atoms with Crippen LogP contribution in [0.15, 0.2) is 24.3 Å². The fourth-order valence-electron chi connectivity index (χ4n) is 1.81. The van der Waals surface area contributed by atoms with Crippen LogP contribution in [0.3, 0.4) is 0 Å². The summed E-state index contributed by atoms with van der Waals surface area (Å²) >= 11 is 0. The predicted molar refractivity (Wildman–Crippen MR) is 69.8 cm³/mol. The smallest absolute Gasteiger partial charge is 0.255 e. The number of rotatable bonds is 2. The molecule has 2 aromatic rings. The van der Waals surface area contributed by atoms with Crippen LogP contribution in [0.2, 0.25) is 0 Å². The Hall–Kier alpha value is -2.57. The first-order valence-electron chi connectivity index (χ1n) is 5.81. The monoisotopic (exact) mass is 298 g/mol. The minimum Gasteiger partial charge on any atom is -0.399 e. The highest BCUT2D eigenvalue weighted by Gasteiger charge is 2.21. The Morgan fingerprint density at radius 1 is 1.00 bits per heavy atom. The van der Waals surface area contributed by atoms with Crippen molar-refractivity contribution in [3.05, 3.63) is 58.7 Å². The third-order valence-corrected chi connectivity index (χ3v) is 2.71. The minimum atomic E-state index is -1.68. The summed E-state index contributed by atoms with van der Waals surface area (Å²) in [5.74, 6) is -7.50. The summed E-state index contributed by atoms with van der Waals surface area (Å²) in [5.41, 5.74) is 5.29. The number of carbonyl (C=O) groups is 1. The number of nitrogens with one attached hydrogen (secondary N) is 1. The lowest BCUT2D eigenvalue weighted by molar-refractivity contribution is 0.102. The first-order chi connectivity index (χ1) is 9.79. The molecule has 0 atom stereocenters. The highest BCUT2D eigenvalue weighted by molar-refractivity contribution is 6.05. The molecule has 0 radical (unpaired) electrons. The maximum atomic E-state index is 13.5. The minimum absolute atomic E-state index is 0.0102. The summed E-state index contributed by atoms with van der Waals surface area (Å²) in [6.07, 6.45) is 0. The maximum Gasteiger partial charge on any atom is 0.255 e. The lowest BCUT2D eigenvalue weighted by atomic mass is 10.1. The van der Waals surface area contributed by atoms with Crippen molar-refractivity contribution in [2.24, 2.45) is 0 Å². The molecular formula is C14H10F4N2O. The van der Waals surface area contributed by atoms with E-state index in [0.717, 1.165) is 0 Å². The van der Waals surface area contributed by atoms with E-state index < -0.39 is 34.9 Å². The Kier molecular flexibility index (Phi) is 3.84. The van der Waals surface area contributed by atoms with Crippen molar-refractivity contribution in [2.75, 3.05) is 11.1 Å². The molecule has 110 valence electrons. The number of amides is 1. The number of halogens is 4. The van der Waals surface area contributed by atoms with E-state index in [1.165, 1.54) is 12.1 Å². The number of aryl methyl sites for hydroxylation is 1. The summed E-state index contributed by atoms with van der Waals surface area (Å²) in [5, 5.41) is 1.81. The standard InChI is InChI=1S/C14H10F4N2O/c1-6-2-7(4-8(19)3-6)14(21)20-13-11(17)9(15)5-10(16)12(13)18/h2-5H,19H2,1H3,(H,20,21). The Morgan fingerprint density at radius 2 is 1.57 bits per heavy atom. The number of hydrogen-bond acceptors (Lipinski definition) is 2. The van der Waals surface area contributed by atoms with E-state index >= 15 is 0 Å². The molecule has 0 unspecified atom stereocenters. The molecule has 0 saturated heterocycles. The number of carbonyl (C=O) groups excluding carboxylic acids is 1. The molecular weight excluding hydrogens is 288 g/mol. The summed E-state index contributed by atoms with van der Waals surface area (Å²) in [6.45, 7) is 1.66. The molecule has 0 aliphatic carbocycles. The lowest BCUT2D eigenvalue weighted by Gasteiger charge is -2.10. The van der Waals surface area contributed by atoms with Gasteiger partial charge in [-0.25, -0.2) is 17.6 Å². The third-order valence-electron chi connectivity index (χ3n) is 2.71. The summed E-state index contributed by atoms with van der Waals surface area (Å²) in [6, 6.07) is 4.33. The number of nitrogen functional groups attached to an aromatic ring is 1. The number of nitrogens with two attached hydrogens (primary N) is 1. The molecule has 7 heteroatoms. The van der Waals surface area contributed by atoms with Crippen LogP contribution < -0.4 is 11.1 Å². The normalized spacial score (nSPS) is 10.5. The van der Waals surface area contributed by atoms with Gasteiger partial charge in [-0.15, -0.1) is 0 Å². The van der Waals surface area contributed by atoms with E-state index in [1.807, 2.05) is 0 Å². The van der Waals surface area contributed by atoms with Crippen molar-refractivity contribution in [1.82, 2.24) is 0 Å². The van der Waals surface area contributed by atoms with Crippen molar-refractivity contribution in [3.8, 4) is 0 Å². The van der Waals surface area contributed by atoms with Gasteiger partial charge in [0.15, 0.2) is 23.3 Å². The second-order valence-corrected chi connectivity index (χ2v) is 4.43. The molecule has 3 nitrogen and oxygen atoms in total. The molecule has 2 aromatic carbocycles. The van der Waals surface area contributed by atoms with E-state index in [2.05, 4.69) is 0 Å². The average molecular weight is 298 g/mol. The molecule has 0 spiro atoms. The van der Waals surface area contributed by atoms with E-state index in [1.54, 1.807) is 18.3 Å². The Labute approximate surface area is 117 Å². The SMILES string of the molecule is Cc1cc(N)cc(C(=O)Nc2c(F)c(F)cc(F)c2F)c1. The van der Waals surface area contributed by atoms with Gasteiger partial charge in [-0.2, -0.15) is 0 Å². The highest BCUT2D eigenvalue weighted by atomic mass is 19.2. The topological polar surface area (TPSA) is 55.1 Å². The number of benzene rings is 2. The van der Waals surface area contributed by atoms with Gasteiger partial charge in [0.2, 0.25) is 0 Å². The molecule has 0 saturated carbocycles. The third kappa shape index (κ3) is 2.96. The van der Waals surface area contributed by atoms with E-state index in [4.69, 9.17) is 5.73 Å². The van der Waals surface area contributed by atoms with Gasteiger partial charge in [0.1, 0.15) is 5.69 Å². The average Bonchev–Trinajstić information content (AvgIpc) is 2.40. The Bertz CT molecular complexity index is 685. The molecule has 0 aliphatic heterocycles. The summed E-state index contributed by atoms with van der Waals surface area (Å²) < 4.78 is 53.0. The predicted octanol–water partition coefficient (Wildman–Crippen LogP) is 3.39. The number of anilines is 2. The van der Waals surface area contributed by atoms with E-state index in [9.17, 15) is 22.4 Å². The van der Waals surface area contributed by atoms with Crippen LogP contribution in [-0.2, 0) is 0 Å². The molecule has 3 N–H and O–H groups in total. The van der Waals surface area contributed by atoms with Crippen LogP contribution in [0.4, 0.5) is 28.9 Å². The zero-order valence-electron chi connectivity index (χ0n) is 10.8. The maximum absolute atomic E-state index is 13.5. The van der Waals surface area contributed by atoms with Gasteiger partial charge in [0.25, 0.3) is 5.91 Å². The zero-order valence-corrected chi connectivity index (χ0v) is 10.8. The van der Waals surface area contributed by atoms with Crippen LogP contribution in [0.25, 0.3) is 0 Å². The Balaban J connectivity index is 2.40. The van der Waals surface area contributed by atoms with Gasteiger partial charge < -0.3 is 11.1 Å². The molecule has 1 amide bonds. The van der Waals surface area contributed by atoms with Crippen LogP contribution in [-0.4, -0.2) is 5.91 Å². The fourth-order valence-corrected chi connectivity index (χ4v) is 1.81. The van der Waals surface area contributed by atoms with Crippen molar-refractivity contribution in [3.63, 3.8) is 0 Å². The largest absolute Gasteiger partial charge is 0.399 e. The zero-order chi connectivity index (χ0) is 15.7. The van der Waals surface area contributed by atoms with Crippen LogP contribution in [0.5, 0.6) is 0 Å². The van der Waals surface area contributed by atoms with Crippen molar-refractivity contribution in [2.45, 2.75) is 6.92 Å². The quantitative estimate of drug-likeness (QED) is 0.507. The van der Waals surface area contributed by atoms with Crippen LogP contribution in [0, 0.1) is 30.2 Å². The van der Waals surface area contributed by atoms with E-state index in [0.29, 0.717) is 5.56 Å². The van der Waals surface area contributed by atoms with Gasteiger partial charge >= 0.3 is 0 Å². The molecule has 0 fully saturated rings. The van der Waals surface area contributed by atoms with Crippen molar-refractivity contribution >= 4 is 17.3 Å². The second-order valence-electron chi connectivity index (χ2n) is 4.43. The summed E-state index contributed by atoms with van der Waals surface area (Å²) in [4.78, 5) is 11.9. The first kappa shape index (κ1) is 14.8. The highest BCUT2D eigenvalue weighted by Crippen LogP contribution is 2.25. The second kappa shape index (κ2) is 5.43. The molecule has 21 heavy (non-hydrogen) atoms. The molecule has 0 aromatic heterocycles.